The third-order valence-electron chi connectivity index (χ3n) is 3.88. The lowest BCUT2D eigenvalue weighted by atomic mass is 10.2. The molecule has 3 rings (SSSR count). The minimum absolute atomic E-state index is 0.116. The monoisotopic (exact) mass is 386 g/mol. The zero-order valence-corrected chi connectivity index (χ0v) is 16.5. The van der Waals surface area contributed by atoms with Crippen LogP contribution in [0.4, 0.5) is 0 Å². The van der Waals surface area contributed by atoms with Crippen molar-refractivity contribution in [2.45, 2.75) is 30.1 Å². The van der Waals surface area contributed by atoms with E-state index in [4.69, 9.17) is 4.74 Å². The molecule has 1 amide bonds. The summed E-state index contributed by atoms with van der Waals surface area (Å²) in [4.78, 5) is 13.2. The van der Waals surface area contributed by atoms with E-state index in [9.17, 15) is 4.79 Å². The summed E-state index contributed by atoms with van der Waals surface area (Å²) in [7, 11) is 0. The number of thioether (sulfide) groups is 2. The van der Waals surface area contributed by atoms with Crippen molar-refractivity contribution < 1.29 is 9.53 Å². The molecule has 1 aliphatic rings. The maximum atomic E-state index is 12.2. The molecule has 0 aromatic heterocycles. The zero-order valence-electron chi connectivity index (χ0n) is 14.8. The molecule has 0 bridgehead atoms. The first-order chi connectivity index (χ1) is 12.6. The highest BCUT2D eigenvalue weighted by Crippen LogP contribution is 2.24. The number of nitrogens with one attached hydrogen (secondary N) is 1. The summed E-state index contributed by atoms with van der Waals surface area (Å²) < 4.78 is 5.81. The van der Waals surface area contributed by atoms with Crippen LogP contribution in [0.2, 0.25) is 0 Å². The van der Waals surface area contributed by atoms with Crippen LogP contribution in [0.5, 0.6) is 5.75 Å². The molecule has 2 aromatic rings. The molecule has 136 valence electrons. The molecule has 0 unspecified atom stereocenters. The molecule has 0 spiro atoms. The number of amides is 1. The minimum Gasteiger partial charge on any atom is -0.489 e. The highest BCUT2D eigenvalue weighted by molar-refractivity contribution is 8.00. The maximum Gasteiger partial charge on any atom is 0.253 e. The number of hydrazone groups is 1. The van der Waals surface area contributed by atoms with Crippen molar-refractivity contribution in [2.24, 2.45) is 5.10 Å². The van der Waals surface area contributed by atoms with Crippen LogP contribution in [0.1, 0.15) is 18.1 Å². The van der Waals surface area contributed by atoms with Crippen LogP contribution < -0.4 is 10.2 Å². The van der Waals surface area contributed by atoms with Gasteiger partial charge in [-0.05, 0) is 55.8 Å². The summed E-state index contributed by atoms with van der Waals surface area (Å²) in [5.41, 5.74) is 4.73. The Hall–Kier alpha value is -1.92. The Morgan fingerprint density at radius 1 is 1.23 bits per heavy atom. The van der Waals surface area contributed by atoms with Gasteiger partial charge in [0.05, 0.1) is 11.5 Å². The van der Waals surface area contributed by atoms with Crippen LogP contribution in [0.25, 0.3) is 0 Å². The fraction of sp³-hybridized carbons (Fsp3) is 0.300. The Bertz CT molecular complexity index is 756. The van der Waals surface area contributed by atoms with Crippen LogP contribution in [0, 0.1) is 6.92 Å². The number of hydrogen-bond acceptors (Lipinski definition) is 5. The lowest BCUT2D eigenvalue weighted by Crippen LogP contribution is -2.30. The Morgan fingerprint density at radius 2 is 1.92 bits per heavy atom. The van der Waals surface area contributed by atoms with E-state index in [1.54, 1.807) is 6.21 Å². The largest absolute Gasteiger partial charge is 0.489 e. The standard InChI is InChI=1S/C20H22N2O2S2/c1-14-3-9-19(10-4-14)26-15(2)20(23)22-21-11-16-5-7-17(8-6-16)24-18-12-25-13-18/h3-11,15,18H,12-13H2,1-2H3,(H,22,23)/b21-11-/t15-/m0/s1. The lowest BCUT2D eigenvalue weighted by molar-refractivity contribution is -0.120. The van der Waals surface area contributed by atoms with Crippen molar-refractivity contribution in [3.8, 4) is 5.75 Å². The Balaban J connectivity index is 1.45. The highest BCUT2D eigenvalue weighted by atomic mass is 32.2. The van der Waals surface area contributed by atoms with Crippen LogP contribution in [0.15, 0.2) is 58.5 Å². The van der Waals surface area contributed by atoms with Crippen molar-refractivity contribution >= 4 is 35.6 Å². The molecule has 1 fully saturated rings. The second-order valence-corrected chi connectivity index (χ2v) is 8.64. The number of carbonyl (C=O) groups excluding carboxylic acids is 1. The van der Waals surface area contributed by atoms with E-state index in [1.807, 2.05) is 74.1 Å². The Morgan fingerprint density at radius 3 is 2.54 bits per heavy atom. The third kappa shape index (κ3) is 5.54. The van der Waals surface area contributed by atoms with Gasteiger partial charge in [-0.25, -0.2) is 5.43 Å². The van der Waals surface area contributed by atoms with Gasteiger partial charge >= 0.3 is 0 Å². The molecule has 6 heteroatoms. The second-order valence-electron chi connectivity index (χ2n) is 6.15. The van der Waals surface area contributed by atoms with Crippen LogP contribution in [-0.4, -0.2) is 35.0 Å². The zero-order chi connectivity index (χ0) is 18.4. The predicted molar refractivity (Wildman–Crippen MR) is 110 cm³/mol. The van der Waals surface area contributed by atoms with Gasteiger partial charge < -0.3 is 4.74 Å². The normalized spacial score (nSPS) is 15.5. The quantitative estimate of drug-likeness (QED) is 0.442. The molecule has 1 heterocycles. The molecule has 0 aliphatic carbocycles. The van der Waals surface area contributed by atoms with E-state index in [2.05, 4.69) is 10.5 Å². The van der Waals surface area contributed by atoms with Crippen molar-refractivity contribution in [1.29, 1.82) is 0 Å². The van der Waals surface area contributed by atoms with E-state index >= 15 is 0 Å². The molecule has 1 aliphatic heterocycles. The van der Waals surface area contributed by atoms with E-state index < -0.39 is 0 Å². The van der Waals surface area contributed by atoms with Gasteiger partial charge in [0.15, 0.2) is 0 Å². The lowest BCUT2D eigenvalue weighted by Gasteiger charge is -2.25. The molecule has 1 N–H and O–H groups in total. The summed E-state index contributed by atoms with van der Waals surface area (Å²) in [6.45, 7) is 3.92. The van der Waals surface area contributed by atoms with Gasteiger partial charge in [0.25, 0.3) is 5.91 Å². The van der Waals surface area contributed by atoms with Crippen LogP contribution in [0.3, 0.4) is 0 Å². The molecule has 1 atom stereocenters. The Kier molecular flexibility index (Phi) is 6.63. The van der Waals surface area contributed by atoms with E-state index in [0.717, 1.165) is 27.7 Å². The average Bonchev–Trinajstić information content (AvgIpc) is 2.61. The van der Waals surface area contributed by atoms with E-state index in [1.165, 1.54) is 17.3 Å². The van der Waals surface area contributed by atoms with Gasteiger partial charge in [-0.3, -0.25) is 4.79 Å². The number of benzene rings is 2. The number of aryl methyl sites for hydroxylation is 1. The molecule has 2 aromatic carbocycles. The topological polar surface area (TPSA) is 50.7 Å². The molecular formula is C20H22N2O2S2. The summed E-state index contributed by atoms with van der Waals surface area (Å²) >= 11 is 3.41. The van der Waals surface area contributed by atoms with Crippen LogP contribution >= 0.6 is 23.5 Å². The van der Waals surface area contributed by atoms with Gasteiger partial charge in [-0.15, -0.1) is 11.8 Å². The SMILES string of the molecule is Cc1ccc(S[C@@H](C)C(=O)N/N=C\c2ccc(OC3CSC3)cc2)cc1. The van der Waals surface area contributed by atoms with Gasteiger partial charge in [0.1, 0.15) is 11.9 Å². The number of hydrogen-bond donors (Lipinski definition) is 1. The van der Waals surface area contributed by atoms with E-state index in [0.29, 0.717) is 6.10 Å². The number of nitrogens with zero attached hydrogens (tertiary/aromatic N) is 1. The second kappa shape index (κ2) is 9.14. The number of carbonyl (C=O) groups is 1. The summed E-state index contributed by atoms with van der Waals surface area (Å²) in [5.74, 6) is 2.89. The fourth-order valence-corrected chi connectivity index (χ4v) is 3.67. The predicted octanol–water partition coefficient (Wildman–Crippen LogP) is 4.12. The molecular weight excluding hydrogens is 364 g/mol. The van der Waals surface area contributed by atoms with Crippen molar-refractivity contribution in [1.82, 2.24) is 5.43 Å². The molecule has 26 heavy (non-hydrogen) atoms. The smallest absolute Gasteiger partial charge is 0.253 e. The molecule has 0 saturated carbocycles. The first-order valence-corrected chi connectivity index (χ1v) is 10.5. The van der Waals surface area contributed by atoms with Crippen LogP contribution in [-0.2, 0) is 4.79 Å². The summed E-state index contributed by atoms with van der Waals surface area (Å²) in [5, 5.41) is 3.84. The first-order valence-electron chi connectivity index (χ1n) is 8.51. The number of rotatable bonds is 7. The Labute approximate surface area is 162 Å². The minimum atomic E-state index is -0.217. The molecule has 4 nitrogen and oxygen atoms in total. The first kappa shape index (κ1) is 18.9. The summed E-state index contributed by atoms with van der Waals surface area (Å²) in [6, 6.07) is 15.9. The van der Waals surface area contributed by atoms with Gasteiger partial charge in [0.2, 0.25) is 0 Å². The molecule has 0 radical (unpaired) electrons. The van der Waals surface area contributed by atoms with Gasteiger partial charge in [-0.1, -0.05) is 17.7 Å². The van der Waals surface area contributed by atoms with Gasteiger partial charge in [0, 0.05) is 16.4 Å². The third-order valence-corrected chi connectivity index (χ3v) is 6.21. The van der Waals surface area contributed by atoms with Crippen molar-refractivity contribution in [2.75, 3.05) is 11.5 Å². The average molecular weight is 387 g/mol. The molecule has 1 saturated heterocycles. The van der Waals surface area contributed by atoms with Gasteiger partial charge in [-0.2, -0.15) is 16.9 Å². The maximum absolute atomic E-state index is 12.2. The highest BCUT2D eigenvalue weighted by Gasteiger charge is 2.19. The number of ether oxygens (including phenoxy) is 1. The fourth-order valence-electron chi connectivity index (χ4n) is 2.24. The van der Waals surface area contributed by atoms with Crippen molar-refractivity contribution in [3.05, 3.63) is 59.7 Å². The summed E-state index contributed by atoms with van der Waals surface area (Å²) in [6.07, 6.45) is 1.98. The van der Waals surface area contributed by atoms with Crippen molar-refractivity contribution in [3.63, 3.8) is 0 Å². The van der Waals surface area contributed by atoms with E-state index in [-0.39, 0.29) is 11.2 Å².